The molecule has 1 fully saturated rings. The number of H-pyrrole nitrogens is 1. The van der Waals surface area contributed by atoms with Crippen LogP contribution in [0.5, 0.6) is 5.75 Å². The summed E-state index contributed by atoms with van der Waals surface area (Å²) < 4.78 is 5.82. The number of benzene rings is 1. The molecule has 7 nitrogen and oxygen atoms in total. The summed E-state index contributed by atoms with van der Waals surface area (Å²) in [5.41, 5.74) is 3.61. The van der Waals surface area contributed by atoms with Gasteiger partial charge in [0.05, 0.1) is 17.6 Å². The fourth-order valence-corrected chi connectivity index (χ4v) is 3.59. The Bertz CT molecular complexity index is 810. The lowest BCUT2D eigenvalue weighted by Crippen LogP contribution is -2.41. The zero-order valence-corrected chi connectivity index (χ0v) is 16.0. The van der Waals surface area contributed by atoms with Crippen molar-refractivity contribution < 1.29 is 14.3 Å². The highest BCUT2D eigenvalue weighted by atomic mass is 16.5. The number of ether oxygens (including phenoxy) is 1. The highest BCUT2D eigenvalue weighted by Gasteiger charge is 2.28. The first kappa shape index (κ1) is 18.9. The minimum atomic E-state index is -0.136. The number of hydrogen-bond donors (Lipinski definition) is 2. The van der Waals surface area contributed by atoms with E-state index in [1.165, 1.54) is 6.92 Å². The van der Waals surface area contributed by atoms with Crippen LogP contribution in [0.15, 0.2) is 24.4 Å². The minimum Gasteiger partial charge on any atom is -0.483 e. The third-order valence-electron chi connectivity index (χ3n) is 4.91. The van der Waals surface area contributed by atoms with E-state index in [9.17, 15) is 9.59 Å². The van der Waals surface area contributed by atoms with Gasteiger partial charge in [-0.2, -0.15) is 5.10 Å². The number of likely N-dealkylation sites (tertiary alicyclic amines) is 1. The molecule has 1 atom stereocenters. The molecule has 27 heavy (non-hydrogen) atoms. The van der Waals surface area contributed by atoms with Gasteiger partial charge in [-0.25, -0.2) is 0 Å². The van der Waals surface area contributed by atoms with Crippen LogP contribution in [0.1, 0.15) is 42.5 Å². The maximum absolute atomic E-state index is 12.7. The molecule has 0 spiro atoms. The predicted octanol–water partition coefficient (Wildman–Crippen LogP) is 2.77. The summed E-state index contributed by atoms with van der Waals surface area (Å²) in [6, 6.07) is 5.93. The molecular formula is C20H26N4O3. The van der Waals surface area contributed by atoms with Crippen molar-refractivity contribution in [2.45, 2.75) is 39.5 Å². The highest BCUT2D eigenvalue weighted by Crippen LogP contribution is 2.30. The number of piperidine rings is 1. The Hall–Kier alpha value is -2.83. The second-order valence-electron chi connectivity index (χ2n) is 7.07. The van der Waals surface area contributed by atoms with Gasteiger partial charge in [-0.05, 0) is 37.8 Å². The lowest BCUT2D eigenvalue weighted by atomic mass is 9.94. The number of anilines is 1. The lowest BCUT2D eigenvalue weighted by Gasteiger charge is -2.32. The Morgan fingerprint density at radius 3 is 2.78 bits per heavy atom. The van der Waals surface area contributed by atoms with Crippen molar-refractivity contribution in [3.05, 3.63) is 41.2 Å². The molecule has 0 aliphatic carbocycles. The molecule has 2 heterocycles. The molecular weight excluding hydrogens is 344 g/mol. The molecule has 2 N–H and O–H groups in total. The molecule has 0 saturated carbocycles. The summed E-state index contributed by atoms with van der Waals surface area (Å²) in [5.74, 6) is 0.736. The summed E-state index contributed by atoms with van der Waals surface area (Å²) in [5, 5.41) is 9.82. The highest BCUT2D eigenvalue weighted by molar-refractivity contribution is 5.89. The maximum Gasteiger partial charge on any atom is 0.260 e. The molecule has 144 valence electrons. The number of aromatic amines is 1. The van der Waals surface area contributed by atoms with Gasteiger partial charge >= 0.3 is 0 Å². The van der Waals surface area contributed by atoms with Crippen molar-refractivity contribution in [2.24, 2.45) is 0 Å². The summed E-state index contributed by atoms with van der Waals surface area (Å²) in [7, 11) is 0. The van der Waals surface area contributed by atoms with Crippen molar-refractivity contribution >= 4 is 17.5 Å². The third kappa shape index (κ3) is 4.48. The Labute approximate surface area is 159 Å². The number of aryl methyl sites for hydroxylation is 2. The smallest absolute Gasteiger partial charge is 0.260 e. The standard InChI is InChI=1S/C20H26N4O3/c1-13-6-4-7-14(2)20(13)27-12-18(26)24-9-5-8-16(11-24)19-17(10-21-23-19)22-15(3)25/h4,6-7,10,16H,5,8-9,11-12H2,1-3H3,(H,21,23)(H,22,25). The van der Waals surface area contributed by atoms with E-state index in [0.29, 0.717) is 12.2 Å². The number of carbonyl (C=O) groups is 2. The Balaban J connectivity index is 1.63. The second-order valence-corrected chi connectivity index (χ2v) is 7.07. The normalized spacial score (nSPS) is 16.9. The Kier molecular flexibility index (Phi) is 5.78. The van der Waals surface area contributed by atoms with E-state index in [-0.39, 0.29) is 24.3 Å². The largest absolute Gasteiger partial charge is 0.483 e. The molecule has 2 amide bonds. The molecule has 1 unspecified atom stereocenters. The zero-order valence-electron chi connectivity index (χ0n) is 16.0. The van der Waals surface area contributed by atoms with Crippen molar-refractivity contribution in [1.82, 2.24) is 15.1 Å². The van der Waals surface area contributed by atoms with E-state index in [1.54, 1.807) is 6.20 Å². The molecule has 3 rings (SSSR count). The van der Waals surface area contributed by atoms with Gasteiger partial charge in [0.15, 0.2) is 6.61 Å². The van der Waals surface area contributed by atoms with Crippen LogP contribution in [-0.2, 0) is 9.59 Å². The van der Waals surface area contributed by atoms with Crippen LogP contribution in [0.25, 0.3) is 0 Å². The van der Waals surface area contributed by atoms with Crippen LogP contribution < -0.4 is 10.1 Å². The molecule has 2 aromatic rings. The van der Waals surface area contributed by atoms with Crippen molar-refractivity contribution in [3.8, 4) is 5.75 Å². The van der Waals surface area contributed by atoms with Gasteiger partial charge in [-0.15, -0.1) is 0 Å². The predicted molar refractivity (Wildman–Crippen MR) is 103 cm³/mol. The fourth-order valence-electron chi connectivity index (χ4n) is 3.59. The van der Waals surface area contributed by atoms with Crippen LogP contribution in [0.4, 0.5) is 5.69 Å². The first-order valence-electron chi connectivity index (χ1n) is 9.23. The van der Waals surface area contributed by atoms with Crippen LogP contribution in [0, 0.1) is 13.8 Å². The van der Waals surface area contributed by atoms with E-state index < -0.39 is 0 Å². The van der Waals surface area contributed by atoms with Gasteiger partial charge in [-0.1, -0.05) is 18.2 Å². The van der Waals surface area contributed by atoms with Gasteiger partial charge in [0, 0.05) is 25.9 Å². The Morgan fingerprint density at radius 2 is 2.07 bits per heavy atom. The third-order valence-corrected chi connectivity index (χ3v) is 4.91. The van der Waals surface area contributed by atoms with Crippen molar-refractivity contribution in [3.63, 3.8) is 0 Å². The maximum atomic E-state index is 12.7. The van der Waals surface area contributed by atoms with Gasteiger partial charge in [0.2, 0.25) is 5.91 Å². The fraction of sp³-hybridized carbons (Fsp3) is 0.450. The van der Waals surface area contributed by atoms with Crippen molar-refractivity contribution in [1.29, 1.82) is 0 Å². The number of rotatable bonds is 5. The summed E-state index contributed by atoms with van der Waals surface area (Å²) >= 11 is 0. The number of para-hydroxylation sites is 1. The molecule has 1 saturated heterocycles. The minimum absolute atomic E-state index is 0.0251. The number of amides is 2. The number of nitrogens with zero attached hydrogens (tertiary/aromatic N) is 2. The monoisotopic (exact) mass is 370 g/mol. The first-order valence-corrected chi connectivity index (χ1v) is 9.23. The van der Waals surface area contributed by atoms with Crippen LogP contribution in [0.3, 0.4) is 0 Å². The van der Waals surface area contributed by atoms with Crippen molar-refractivity contribution in [2.75, 3.05) is 25.0 Å². The topological polar surface area (TPSA) is 87.3 Å². The molecule has 1 aliphatic rings. The summed E-state index contributed by atoms with van der Waals surface area (Å²) in [6.07, 6.45) is 3.45. The average molecular weight is 370 g/mol. The summed E-state index contributed by atoms with van der Waals surface area (Å²) in [6.45, 7) is 6.76. The average Bonchev–Trinajstić information content (AvgIpc) is 3.08. The van der Waals surface area contributed by atoms with E-state index in [4.69, 9.17) is 4.74 Å². The van der Waals surface area contributed by atoms with Gasteiger partial charge < -0.3 is 15.0 Å². The molecule has 1 aromatic heterocycles. The first-order chi connectivity index (χ1) is 13.0. The molecule has 0 bridgehead atoms. The Morgan fingerprint density at radius 1 is 1.33 bits per heavy atom. The molecule has 1 aliphatic heterocycles. The lowest BCUT2D eigenvalue weighted by molar-refractivity contribution is -0.134. The SMILES string of the molecule is CC(=O)Nc1cn[nH]c1C1CCCN(C(=O)COc2c(C)cccc2C)C1. The van der Waals surface area contributed by atoms with Crippen LogP contribution in [0.2, 0.25) is 0 Å². The molecule has 1 aromatic carbocycles. The van der Waals surface area contributed by atoms with E-state index in [1.807, 2.05) is 36.9 Å². The molecule has 7 heteroatoms. The number of aromatic nitrogens is 2. The number of carbonyl (C=O) groups excluding carboxylic acids is 2. The van der Waals surface area contributed by atoms with E-state index in [2.05, 4.69) is 15.5 Å². The van der Waals surface area contributed by atoms with Gasteiger partial charge in [0.1, 0.15) is 5.75 Å². The van der Waals surface area contributed by atoms with Gasteiger partial charge in [-0.3, -0.25) is 14.7 Å². The van der Waals surface area contributed by atoms with Crippen LogP contribution >= 0.6 is 0 Å². The number of hydrogen-bond acceptors (Lipinski definition) is 4. The van der Waals surface area contributed by atoms with Crippen LogP contribution in [-0.4, -0.2) is 46.6 Å². The van der Waals surface area contributed by atoms with E-state index >= 15 is 0 Å². The van der Waals surface area contributed by atoms with E-state index in [0.717, 1.165) is 42.0 Å². The second kappa shape index (κ2) is 8.24. The van der Waals surface area contributed by atoms with Gasteiger partial charge in [0.25, 0.3) is 5.91 Å². The number of nitrogens with one attached hydrogen (secondary N) is 2. The zero-order chi connectivity index (χ0) is 19.4. The summed E-state index contributed by atoms with van der Waals surface area (Å²) in [4.78, 5) is 25.9. The molecule has 0 radical (unpaired) electrons. The quantitative estimate of drug-likeness (QED) is 0.847.